The number of amides is 1. The molecule has 1 fully saturated rings. The SMILES string of the molecule is O=C(CNc1ccc(C(F)(F)F)cc1)N1CCCCCC1. The van der Waals surface area contributed by atoms with Crippen molar-refractivity contribution in [2.75, 3.05) is 25.0 Å². The average Bonchev–Trinajstić information content (AvgIpc) is 2.73. The molecule has 1 aromatic rings. The van der Waals surface area contributed by atoms with Crippen LogP contribution in [-0.4, -0.2) is 30.4 Å². The molecule has 2 rings (SSSR count). The van der Waals surface area contributed by atoms with Crippen molar-refractivity contribution >= 4 is 11.6 Å². The van der Waals surface area contributed by atoms with Gasteiger partial charge in [-0.3, -0.25) is 4.79 Å². The second kappa shape index (κ2) is 6.83. The van der Waals surface area contributed by atoms with Crippen LogP contribution in [0.3, 0.4) is 0 Å². The fourth-order valence-electron chi connectivity index (χ4n) is 2.39. The van der Waals surface area contributed by atoms with E-state index >= 15 is 0 Å². The summed E-state index contributed by atoms with van der Waals surface area (Å²) >= 11 is 0. The summed E-state index contributed by atoms with van der Waals surface area (Å²) in [5.74, 6) is -0.00296. The number of carbonyl (C=O) groups excluding carboxylic acids is 1. The number of hydrogen-bond donors (Lipinski definition) is 1. The Morgan fingerprint density at radius 2 is 1.62 bits per heavy atom. The van der Waals surface area contributed by atoms with Crippen molar-refractivity contribution in [3.8, 4) is 0 Å². The lowest BCUT2D eigenvalue weighted by molar-refractivity contribution is -0.137. The first-order chi connectivity index (χ1) is 9.97. The monoisotopic (exact) mass is 300 g/mol. The molecule has 1 heterocycles. The lowest BCUT2D eigenvalue weighted by Gasteiger charge is -2.20. The highest BCUT2D eigenvalue weighted by Crippen LogP contribution is 2.29. The van der Waals surface area contributed by atoms with Gasteiger partial charge in [-0.05, 0) is 37.1 Å². The predicted octanol–water partition coefficient (Wildman–Crippen LogP) is 3.52. The molecular formula is C15H19F3N2O. The highest BCUT2D eigenvalue weighted by Gasteiger charge is 2.29. The Morgan fingerprint density at radius 1 is 1.05 bits per heavy atom. The Balaban J connectivity index is 1.86. The molecule has 0 aromatic heterocycles. The molecule has 0 radical (unpaired) electrons. The molecule has 116 valence electrons. The molecule has 0 spiro atoms. The Morgan fingerprint density at radius 3 is 2.14 bits per heavy atom. The number of benzene rings is 1. The van der Waals surface area contributed by atoms with Crippen LogP contribution in [0, 0.1) is 0 Å². The smallest absolute Gasteiger partial charge is 0.376 e. The minimum atomic E-state index is -4.33. The molecule has 1 aliphatic heterocycles. The quantitative estimate of drug-likeness (QED) is 0.926. The largest absolute Gasteiger partial charge is 0.416 e. The van der Waals surface area contributed by atoms with E-state index in [9.17, 15) is 18.0 Å². The summed E-state index contributed by atoms with van der Waals surface area (Å²) < 4.78 is 37.3. The number of nitrogens with zero attached hydrogens (tertiary/aromatic N) is 1. The minimum absolute atomic E-state index is 0.00296. The molecule has 1 amide bonds. The van der Waals surface area contributed by atoms with Crippen LogP contribution in [0.1, 0.15) is 31.2 Å². The maximum atomic E-state index is 12.4. The van der Waals surface area contributed by atoms with E-state index < -0.39 is 11.7 Å². The molecule has 1 saturated heterocycles. The second-order valence-corrected chi connectivity index (χ2v) is 5.22. The lowest BCUT2D eigenvalue weighted by Crippen LogP contribution is -2.36. The van der Waals surface area contributed by atoms with Gasteiger partial charge < -0.3 is 10.2 Å². The fourth-order valence-corrected chi connectivity index (χ4v) is 2.39. The molecule has 3 nitrogen and oxygen atoms in total. The molecule has 1 aliphatic rings. The van der Waals surface area contributed by atoms with Crippen molar-refractivity contribution < 1.29 is 18.0 Å². The van der Waals surface area contributed by atoms with Gasteiger partial charge in [0.25, 0.3) is 0 Å². The molecule has 0 aliphatic carbocycles. The Hall–Kier alpha value is -1.72. The van der Waals surface area contributed by atoms with E-state index in [2.05, 4.69) is 5.32 Å². The van der Waals surface area contributed by atoms with E-state index in [-0.39, 0.29) is 12.5 Å². The number of alkyl halides is 3. The van der Waals surface area contributed by atoms with Crippen molar-refractivity contribution in [3.05, 3.63) is 29.8 Å². The van der Waals surface area contributed by atoms with Crippen molar-refractivity contribution in [1.29, 1.82) is 0 Å². The van der Waals surface area contributed by atoms with Crippen LogP contribution in [0.4, 0.5) is 18.9 Å². The third-order valence-electron chi connectivity index (χ3n) is 3.61. The van der Waals surface area contributed by atoms with Gasteiger partial charge in [0, 0.05) is 18.8 Å². The lowest BCUT2D eigenvalue weighted by atomic mass is 10.2. The topological polar surface area (TPSA) is 32.3 Å². The number of halogens is 3. The molecular weight excluding hydrogens is 281 g/mol. The molecule has 0 unspecified atom stereocenters. The van der Waals surface area contributed by atoms with Gasteiger partial charge in [-0.15, -0.1) is 0 Å². The number of likely N-dealkylation sites (tertiary alicyclic amines) is 1. The van der Waals surface area contributed by atoms with Gasteiger partial charge in [0.15, 0.2) is 0 Å². The zero-order chi connectivity index (χ0) is 15.3. The van der Waals surface area contributed by atoms with Gasteiger partial charge in [0.1, 0.15) is 0 Å². The van der Waals surface area contributed by atoms with Crippen LogP contribution in [0.5, 0.6) is 0 Å². The predicted molar refractivity (Wildman–Crippen MR) is 75.0 cm³/mol. The number of hydrogen-bond acceptors (Lipinski definition) is 2. The maximum absolute atomic E-state index is 12.4. The van der Waals surface area contributed by atoms with E-state index in [1.54, 1.807) is 0 Å². The fraction of sp³-hybridized carbons (Fsp3) is 0.533. The van der Waals surface area contributed by atoms with E-state index in [1.807, 2.05) is 4.90 Å². The summed E-state index contributed by atoms with van der Waals surface area (Å²) in [6.07, 6.45) is 0.00463. The summed E-state index contributed by atoms with van der Waals surface area (Å²) in [7, 11) is 0. The average molecular weight is 300 g/mol. The van der Waals surface area contributed by atoms with Crippen molar-refractivity contribution in [1.82, 2.24) is 4.90 Å². The first-order valence-electron chi connectivity index (χ1n) is 7.16. The van der Waals surface area contributed by atoms with Crippen molar-refractivity contribution in [2.24, 2.45) is 0 Å². The minimum Gasteiger partial charge on any atom is -0.376 e. The highest BCUT2D eigenvalue weighted by molar-refractivity contribution is 5.80. The number of nitrogens with one attached hydrogen (secondary N) is 1. The van der Waals surface area contributed by atoms with Crippen LogP contribution in [0.2, 0.25) is 0 Å². The molecule has 0 atom stereocenters. The van der Waals surface area contributed by atoms with Gasteiger partial charge in [-0.2, -0.15) is 13.2 Å². The first-order valence-corrected chi connectivity index (χ1v) is 7.16. The van der Waals surface area contributed by atoms with Crippen LogP contribution in [0.25, 0.3) is 0 Å². The van der Waals surface area contributed by atoms with Crippen LogP contribution in [0.15, 0.2) is 24.3 Å². The Bertz CT molecular complexity index is 463. The third-order valence-corrected chi connectivity index (χ3v) is 3.61. The van der Waals surface area contributed by atoms with Gasteiger partial charge in [-0.1, -0.05) is 12.8 Å². The summed E-state index contributed by atoms with van der Waals surface area (Å²) in [5.41, 5.74) is -0.168. The van der Waals surface area contributed by atoms with Gasteiger partial charge in [0.05, 0.1) is 12.1 Å². The maximum Gasteiger partial charge on any atom is 0.416 e. The Kier molecular flexibility index (Phi) is 5.09. The van der Waals surface area contributed by atoms with E-state index in [0.29, 0.717) is 5.69 Å². The normalized spacial score (nSPS) is 16.4. The van der Waals surface area contributed by atoms with Crippen LogP contribution < -0.4 is 5.32 Å². The van der Waals surface area contributed by atoms with Crippen molar-refractivity contribution in [3.63, 3.8) is 0 Å². The Labute approximate surface area is 122 Å². The summed E-state index contributed by atoms with van der Waals surface area (Å²) in [6, 6.07) is 4.72. The van der Waals surface area contributed by atoms with Gasteiger partial charge >= 0.3 is 6.18 Å². The van der Waals surface area contributed by atoms with Crippen LogP contribution in [-0.2, 0) is 11.0 Å². The molecule has 1 aromatic carbocycles. The number of carbonyl (C=O) groups is 1. The summed E-state index contributed by atoms with van der Waals surface area (Å²) in [5, 5.41) is 2.88. The number of anilines is 1. The summed E-state index contributed by atoms with van der Waals surface area (Å²) in [4.78, 5) is 13.9. The number of rotatable bonds is 3. The molecule has 1 N–H and O–H groups in total. The van der Waals surface area contributed by atoms with Gasteiger partial charge in [0.2, 0.25) is 5.91 Å². The van der Waals surface area contributed by atoms with Crippen molar-refractivity contribution in [2.45, 2.75) is 31.9 Å². The first kappa shape index (κ1) is 15.7. The third kappa shape index (κ3) is 4.65. The molecule has 0 bridgehead atoms. The van der Waals surface area contributed by atoms with E-state index in [4.69, 9.17) is 0 Å². The molecule has 6 heteroatoms. The van der Waals surface area contributed by atoms with Gasteiger partial charge in [-0.25, -0.2) is 0 Å². The zero-order valence-electron chi connectivity index (χ0n) is 11.7. The molecule has 21 heavy (non-hydrogen) atoms. The standard InChI is InChI=1S/C15H19F3N2O/c16-15(17,18)12-5-7-13(8-6-12)19-11-14(21)20-9-3-1-2-4-10-20/h5-8,19H,1-4,9-11H2. The highest BCUT2D eigenvalue weighted by atomic mass is 19.4. The summed E-state index contributed by atoms with van der Waals surface area (Å²) in [6.45, 7) is 1.66. The molecule has 0 saturated carbocycles. The second-order valence-electron chi connectivity index (χ2n) is 5.22. The van der Waals surface area contributed by atoms with E-state index in [1.165, 1.54) is 12.1 Å². The van der Waals surface area contributed by atoms with E-state index in [0.717, 1.165) is 50.9 Å². The zero-order valence-corrected chi connectivity index (χ0v) is 11.7. The van der Waals surface area contributed by atoms with Crippen LogP contribution >= 0.6 is 0 Å².